The quantitative estimate of drug-likeness (QED) is 0.495. The molecule has 4 aromatic rings. The lowest BCUT2D eigenvalue weighted by Crippen LogP contribution is -2.42. The standard InChI is InChI=1S/C26H24ClN3O2/c1-17-4-2-3-5-22(17)25-29-24-11-8-19(18-6-9-20(27)10-7-18)14-23(24)26(31)30(25)16-21-15-28-12-13-32-21/h2-11,14,21,28H,12-13,15-16H2,1H3. The molecule has 32 heavy (non-hydrogen) atoms. The monoisotopic (exact) mass is 445 g/mol. The molecule has 1 aliphatic rings. The summed E-state index contributed by atoms with van der Waals surface area (Å²) in [7, 11) is 0. The summed E-state index contributed by atoms with van der Waals surface area (Å²) in [5, 5.41) is 4.62. The van der Waals surface area contributed by atoms with Crippen molar-refractivity contribution < 1.29 is 4.74 Å². The lowest BCUT2D eigenvalue weighted by atomic mass is 10.0. The van der Waals surface area contributed by atoms with Crippen LogP contribution < -0.4 is 10.9 Å². The molecule has 6 heteroatoms. The van der Waals surface area contributed by atoms with Gasteiger partial charge in [-0.25, -0.2) is 4.98 Å². The van der Waals surface area contributed by atoms with Crippen LogP contribution in [0.5, 0.6) is 0 Å². The Morgan fingerprint density at radius 2 is 1.88 bits per heavy atom. The number of halogens is 1. The van der Waals surface area contributed by atoms with Gasteiger partial charge in [-0.15, -0.1) is 0 Å². The Hall–Kier alpha value is -2.99. The summed E-state index contributed by atoms with van der Waals surface area (Å²) < 4.78 is 7.68. The molecule has 0 spiro atoms. The Kier molecular flexibility index (Phi) is 5.79. The van der Waals surface area contributed by atoms with Gasteiger partial charge in [0, 0.05) is 23.7 Å². The minimum Gasteiger partial charge on any atom is -0.374 e. The van der Waals surface area contributed by atoms with Crippen LogP contribution in [0, 0.1) is 6.92 Å². The number of hydrogen-bond donors (Lipinski definition) is 1. The maximum Gasteiger partial charge on any atom is 0.261 e. The molecular formula is C26H24ClN3O2. The molecule has 0 saturated carbocycles. The van der Waals surface area contributed by atoms with E-state index in [1.54, 1.807) is 4.57 Å². The topological polar surface area (TPSA) is 56.2 Å². The zero-order chi connectivity index (χ0) is 22.1. The third-order valence-electron chi connectivity index (χ3n) is 5.91. The van der Waals surface area contributed by atoms with Gasteiger partial charge in [0.2, 0.25) is 0 Å². The van der Waals surface area contributed by atoms with Crippen LogP contribution in [-0.2, 0) is 11.3 Å². The summed E-state index contributed by atoms with van der Waals surface area (Å²) in [5.41, 5.74) is 4.62. The Morgan fingerprint density at radius 1 is 1.09 bits per heavy atom. The lowest BCUT2D eigenvalue weighted by molar-refractivity contribution is 0.0178. The average molecular weight is 446 g/mol. The molecule has 5 rings (SSSR count). The average Bonchev–Trinajstić information content (AvgIpc) is 2.82. The van der Waals surface area contributed by atoms with E-state index in [2.05, 4.69) is 5.32 Å². The van der Waals surface area contributed by atoms with Crippen molar-refractivity contribution in [2.75, 3.05) is 19.7 Å². The summed E-state index contributed by atoms with van der Waals surface area (Å²) in [6.07, 6.45) is -0.0806. The number of fused-ring (bicyclic) bond motifs is 1. The second-order valence-electron chi connectivity index (χ2n) is 8.10. The van der Waals surface area contributed by atoms with E-state index in [0.29, 0.717) is 41.4 Å². The first kappa shape index (κ1) is 20.9. The Balaban J connectivity index is 1.69. The highest BCUT2D eigenvalue weighted by Gasteiger charge is 2.20. The highest BCUT2D eigenvalue weighted by Crippen LogP contribution is 2.27. The van der Waals surface area contributed by atoms with Crippen molar-refractivity contribution in [2.45, 2.75) is 19.6 Å². The third kappa shape index (κ3) is 4.07. The number of ether oxygens (including phenoxy) is 1. The van der Waals surface area contributed by atoms with Gasteiger partial charge < -0.3 is 10.1 Å². The smallest absolute Gasteiger partial charge is 0.261 e. The van der Waals surface area contributed by atoms with Crippen LogP contribution in [0.15, 0.2) is 71.5 Å². The molecule has 1 unspecified atom stereocenters. The van der Waals surface area contributed by atoms with E-state index in [1.165, 1.54) is 0 Å². The van der Waals surface area contributed by atoms with Crippen molar-refractivity contribution in [3.05, 3.63) is 87.7 Å². The molecule has 1 fully saturated rings. The minimum atomic E-state index is -0.0806. The molecular weight excluding hydrogens is 422 g/mol. The summed E-state index contributed by atoms with van der Waals surface area (Å²) >= 11 is 6.04. The predicted molar refractivity (Wildman–Crippen MR) is 129 cm³/mol. The Morgan fingerprint density at radius 3 is 2.62 bits per heavy atom. The Labute approximate surface area is 191 Å². The van der Waals surface area contributed by atoms with Crippen LogP contribution in [-0.4, -0.2) is 35.4 Å². The highest BCUT2D eigenvalue weighted by atomic mass is 35.5. The van der Waals surface area contributed by atoms with Crippen molar-refractivity contribution >= 4 is 22.5 Å². The van der Waals surface area contributed by atoms with Crippen LogP contribution in [0.25, 0.3) is 33.4 Å². The van der Waals surface area contributed by atoms with Gasteiger partial charge >= 0.3 is 0 Å². The molecule has 2 heterocycles. The first-order valence-electron chi connectivity index (χ1n) is 10.8. The van der Waals surface area contributed by atoms with Crippen LogP contribution in [0.3, 0.4) is 0 Å². The molecule has 162 valence electrons. The van der Waals surface area contributed by atoms with Gasteiger partial charge in [0.15, 0.2) is 0 Å². The van der Waals surface area contributed by atoms with Gasteiger partial charge in [-0.1, -0.05) is 54.1 Å². The number of aromatic nitrogens is 2. The Bertz CT molecular complexity index is 1330. The lowest BCUT2D eigenvalue weighted by Gasteiger charge is -2.25. The second kappa shape index (κ2) is 8.87. The van der Waals surface area contributed by atoms with Crippen molar-refractivity contribution in [2.24, 2.45) is 0 Å². The fourth-order valence-corrected chi connectivity index (χ4v) is 4.31. The van der Waals surface area contributed by atoms with Gasteiger partial charge in [-0.3, -0.25) is 9.36 Å². The normalized spacial score (nSPS) is 16.4. The maximum atomic E-state index is 13.8. The summed E-state index contributed by atoms with van der Waals surface area (Å²) in [4.78, 5) is 18.7. The number of aryl methyl sites for hydroxylation is 1. The van der Waals surface area contributed by atoms with E-state index in [0.717, 1.165) is 28.8 Å². The molecule has 0 bridgehead atoms. The van der Waals surface area contributed by atoms with Crippen LogP contribution >= 0.6 is 11.6 Å². The molecule has 3 aromatic carbocycles. The SMILES string of the molecule is Cc1ccccc1-c1nc2ccc(-c3ccc(Cl)cc3)cc2c(=O)n1CC1CNCCO1. The summed E-state index contributed by atoms with van der Waals surface area (Å²) in [6, 6.07) is 21.5. The second-order valence-corrected chi connectivity index (χ2v) is 8.54. The fraction of sp³-hybridized carbons (Fsp3) is 0.231. The molecule has 1 aromatic heterocycles. The highest BCUT2D eigenvalue weighted by molar-refractivity contribution is 6.30. The number of benzene rings is 3. The summed E-state index contributed by atoms with van der Waals surface area (Å²) in [5.74, 6) is 0.675. The van der Waals surface area contributed by atoms with Gasteiger partial charge in [0.25, 0.3) is 5.56 Å². The molecule has 1 aliphatic heterocycles. The molecule has 5 nitrogen and oxygen atoms in total. The molecule has 1 saturated heterocycles. The molecule has 0 radical (unpaired) electrons. The molecule has 1 N–H and O–H groups in total. The summed E-state index contributed by atoms with van der Waals surface area (Å²) in [6.45, 7) is 4.67. The van der Waals surface area contributed by atoms with Gasteiger partial charge in [0.05, 0.1) is 30.2 Å². The molecule has 0 aliphatic carbocycles. The number of morpholine rings is 1. The van der Waals surface area contributed by atoms with E-state index in [1.807, 2.05) is 73.7 Å². The van der Waals surface area contributed by atoms with Crippen LogP contribution in [0.2, 0.25) is 5.02 Å². The van der Waals surface area contributed by atoms with E-state index >= 15 is 0 Å². The number of nitrogens with zero attached hydrogens (tertiary/aromatic N) is 2. The fourth-order valence-electron chi connectivity index (χ4n) is 4.18. The maximum absolute atomic E-state index is 13.8. The van der Waals surface area contributed by atoms with Crippen molar-refractivity contribution in [3.8, 4) is 22.5 Å². The van der Waals surface area contributed by atoms with Crippen molar-refractivity contribution in [3.63, 3.8) is 0 Å². The minimum absolute atomic E-state index is 0.0572. The van der Waals surface area contributed by atoms with Gasteiger partial charge in [-0.05, 0) is 47.9 Å². The van der Waals surface area contributed by atoms with E-state index < -0.39 is 0 Å². The molecule has 1 atom stereocenters. The third-order valence-corrected chi connectivity index (χ3v) is 6.16. The number of hydrogen-bond acceptors (Lipinski definition) is 4. The zero-order valence-electron chi connectivity index (χ0n) is 17.8. The van der Waals surface area contributed by atoms with Gasteiger partial charge in [0.1, 0.15) is 5.82 Å². The number of rotatable bonds is 4. The number of nitrogens with one attached hydrogen (secondary N) is 1. The van der Waals surface area contributed by atoms with E-state index in [9.17, 15) is 4.79 Å². The van der Waals surface area contributed by atoms with Crippen molar-refractivity contribution in [1.82, 2.24) is 14.9 Å². The zero-order valence-corrected chi connectivity index (χ0v) is 18.6. The molecule has 0 amide bonds. The van der Waals surface area contributed by atoms with E-state index in [-0.39, 0.29) is 11.7 Å². The predicted octanol–water partition coefficient (Wildman–Crippen LogP) is 4.68. The first-order valence-corrected chi connectivity index (χ1v) is 11.2. The van der Waals surface area contributed by atoms with Gasteiger partial charge in [-0.2, -0.15) is 0 Å². The first-order chi connectivity index (χ1) is 15.6. The van der Waals surface area contributed by atoms with E-state index in [4.69, 9.17) is 21.3 Å². The van der Waals surface area contributed by atoms with Crippen LogP contribution in [0.1, 0.15) is 5.56 Å². The van der Waals surface area contributed by atoms with Crippen molar-refractivity contribution in [1.29, 1.82) is 0 Å². The largest absolute Gasteiger partial charge is 0.374 e. The van der Waals surface area contributed by atoms with Crippen LogP contribution in [0.4, 0.5) is 0 Å².